The van der Waals surface area contributed by atoms with Gasteiger partial charge in [0.15, 0.2) is 0 Å². The smallest absolute Gasteiger partial charge is 0.275 e. The summed E-state index contributed by atoms with van der Waals surface area (Å²) >= 11 is 1.53. The first kappa shape index (κ1) is 13.7. The molecule has 1 aliphatic heterocycles. The number of fused-ring (bicyclic) bond motifs is 1. The summed E-state index contributed by atoms with van der Waals surface area (Å²) in [6.07, 6.45) is 6.56. The Kier molecular flexibility index (Phi) is 4.12. The molecule has 2 aromatic rings. The molecule has 1 fully saturated rings. The van der Waals surface area contributed by atoms with Gasteiger partial charge in [-0.15, -0.1) is 0 Å². The number of likely N-dealkylation sites (tertiary alicyclic amines) is 1. The van der Waals surface area contributed by atoms with E-state index in [1.54, 1.807) is 0 Å². The molecule has 0 aliphatic carbocycles. The summed E-state index contributed by atoms with van der Waals surface area (Å²) in [5, 5.41) is 5.41. The van der Waals surface area contributed by atoms with Crippen LogP contribution in [0, 0.1) is 6.92 Å². The molecule has 3 heterocycles. The fraction of sp³-hybridized carbons (Fsp3) is 0.643. The summed E-state index contributed by atoms with van der Waals surface area (Å²) in [5.41, 5.74) is 0.680. The second-order valence-corrected chi connectivity index (χ2v) is 6.51. The molecule has 0 atom stereocenters. The van der Waals surface area contributed by atoms with Crippen molar-refractivity contribution in [1.29, 1.82) is 0 Å². The van der Waals surface area contributed by atoms with E-state index < -0.39 is 0 Å². The van der Waals surface area contributed by atoms with Crippen LogP contribution in [0.3, 0.4) is 0 Å². The summed E-state index contributed by atoms with van der Waals surface area (Å²) in [6.45, 7) is 4.96. The standard InChI is InChI=1S/C14H20N4OS/c1-11-9-13(19)18-14(15-11)20-12(16-18)10-17-7-5-3-2-4-6-8-17/h9H,2-8,10H2,1H3. The van der Waals surface area contributed by atoms with Gasteiger partial charge >= 0.3 is 0 Å². The van der Waals surface area contributed by atoms with Crippen LogP contribution in [0.1, 0.15) is 42.8 Å². The minimum absolute atomic E-state index is 0.0809. The lowest BCUT2D eigenvalue weighted by molar-refractivity contribution is 0.239. The summed E-state index contributed by atoms with van der Waals surface area (Å²) in [4.78, 5) is 19.4. The quantitative estimate of drug-likeness (QED) is 0.851. The molecule has 2 aromatic heterocycles. The molecular weight excluding hydrogens is 272 g/mol. The van der Waals surface area contributed by atoms with Crippen molar-refractivity contribution in [2.24, 2.45) is 0 Å². The van der Waals surface area contributed by atoms with Crippen molar-refractivity contribution in [3.8, 4) is 0 Å². The van der Waals surface area contributed by atoms with Gasteiger partial charge in [0.25, 0.3) is 5.56 Å². The van der Waals surface area contributed by atoms with E-state index in [2.05, 4.69) is 15.0 Å². The van der Waals surface area contributed by atoms with Crippen LogP contribution in [-0.2, 0) is 6.54 Å². The molecule has 0 aromatic carbocycles. The van der Waals surface area contributed by atoms with Crippen LogP contribution >= 0.6 is 11.3 Å². The Bertz CT molecular complexity index is 640. The zero-order valence-electron chi connectivity index (χ0n) is 11.8. The van der Waals surface area contributed by atoms with Crippen molar-refractivity contribution < 1.29 is 0 Å². The molecular formula is C14H20N4OS. The highest BCUT2D eigenvalue weighted by molar-refractivity contribution is 7.16. The average molecular weight is 292 g/mol. The van der Waals surface area contributed by atoms with Crippen LogP contribution in [0.25, 0.3) is 4.96 Å². The lowest BCUT2D eigenvalue weighted by Gasteiger charge is -2.22. The number of aryl methyl sites for hydroxylation is 1. The molecule has 0 spiro atoms. The third kappa shape index (κ3) is 3.07. The number of hydrogen-bond acceptors (Lipinski definition) is 5. The topological polar surface area (TPSA) is 50.5 Å². The SMILES string of the molecule is Cc1cc(=O)n2nc(CN3CCCCCCC3)sc2n1. The summed E-state index contributed by atoms with van der Waals surface area (Å²) in [6, 6.07) is 1.53. The second-order valence-electron chi connectivity index (χ2n) is 5.47. The van der Waals surface area contributed by atoms with Crippen molar-refractivity contribution in [2.45, 2.75) is 45.6 Å². The maximum atomic E-state index is 11.9. The highest BCUT2D eigenvalue weighted by Crippen LogP contribution is 2.16. The van der Waals surface area contributed by atoms with E-state index >= 15 is 0 Å². The fourth-order valence-electron chi connectivity index (χ4n) is 2.69. The highest BCUT2D eigenvalue weighted by Gasteiger charge is 2.13. The van der Waals surface area contributed by atoms with Gasteiger partial charge in [0.2, 0.25) is 4.96 Å². The molecule has 1 aliphatic rings. The summed E-state index contributed by atoms with van der Waals surface area (Å²) in [7, 11) is 0. The fourth-order valence-corrected chi connectivity index (χ4v) is 3.67. The summed E-state index contributed by atoms with van der Waals surface area (Å²) < 4.78 is 1.43. The Morgan fingerprint density at radius 2 is 1.90 bits per heavy atom. The molecule has 6 heteroatoms. The zero-order chi connectivity index (χ0) is 13.9. The maximum absolute atomic E-state index is 11.9. The number of aromatic nitrogens is 3. The molecule has 0 N–H and O–H groups in total. The third-order valence-electron chi connectivity index (χ3n) is 3.72. The first-order chi connectivity index (χ1) is 9.72. The highest BCUT2D eigenvalue weighted by atomic mass is 32.1. The van der Waals surface area contributed by atoms with E-state index in [9.17, 15) is 4.79 Å². The van der Waals surface area contributed by atoms with Gasteiger partial charge < -0.3 is 0 Å². The van der Waals surface area contributed by atoms with Crippen molar-refractivity contribution >= 4 is 16.3 Å². The predicted molar refractivity (Wildman–Crippen MR) is 80.2 cm³/mol. The van der Waals surface area contributed by atoms with Crippen LogP contribution in [0.4, 0.5) is 0 Å². The van der Waals surface area contributed by atoms with Gasteiger partial charge in [0.1, 0.15) is 5.01 Å². The van der Waals surface area contributed by atoms with Crippen LogP contribution in [0.2, 0.25) is 0 Å². The van der Waals surface area contributed by atoms with Gasteiger partial charge in [0.05, 0.1) is 6.54 Å². The minimum Gasteiger partial charge on any atom is -0.297 e. The van der Waals surface area contributed by atoms with Crippen molar-refractivity contribution in [1.82, 2.24) is 19.5 Å². The first-order valence-electron chi connectivity index (χ1n) is 7.31. The lowest BCUT2D eigenvalue weighted by Crippen LogP contribution is -2.27. The van der Waals surface area contributed by atoms with E-state index in [0.717, 1.165) is 30.3 Å². The number of hydrogen-bond donors (Lipinski definition) is 0. The maximum Gasteiger partial charge on any atom is 0.275 e. The van der Waals surface area contributed by atoms with Gasteiger partial charge in [-0.1, -0.05) is 30.6 Å². The molecule has 0 saturated carbocycles. The molecule has 20 heavy (non-hydrogen) atoms. The first-order valence-corrected chi connectivity index (χ1v) is 8.13. The van der Waals surface area contributed by atoms with Crippen LogP contribution in [0.5, 0.6) is 0 Å². The average Bonchev–Trinajstić information content (AvgIpc) is 2.75. The van der Waals surface area contributed by atoms with Crippen molar-refractivity contribution in [2.75, 3.05) is 13.1 Å². The van der Waals surface area contributed by atoms with E-state index in [1.807, 2.05) is 6.92 Å². The van der Waals surface area contributed by atoms with Gasteiger partial charge in [-0.05, 0) is 32.9 Å². The predicted octanol–water partition coefficient (Wildman–Crippen LogP) is 2.23. The Morgan fingerprint density at radius 1 is 1.20 bits per heavy atom. The van der Waals surface area contributed by atoms with Gasteiger partial charge in [0, 0.05) is 11.8 Å². The second kappa shape index (κ2) is 6.01. The molecule has 5 nitrogen and oxygen atoms in total. The third-order valence-corrected chi connectivity index (χ3v) is 4.62. The van der Waals surface area contributed by atoms with Crippen LogP contribution < -0.4 is 5.56 Å². The molecule has 0 radical (unpaired) electrons. The van der Waals surface area contributed by atoms with E-state index in [0.29, 0.717) is 4.96 Å². The molecule has 0 bridgehead atoms. The number of rotatable bonds is 2. The Hall–Kier alpha value is -1.27. The van der Waals surface area contributed by atoms with Crippen LogP contribution in [-0.4, -0.2) is 32.6 Å². The molecule has 1 saturated heterocycles. The summed E-state index contributed by atoms with van der Waals surface area (Å²) in [5.74, 6) is 0. The Balaban J connectivity index is 1.79. The van der Waals surface area contributed by atoms with E-state index in [1.165, 1.54) is 54.0 Å². The zero-order valence-corrected chi connectivity index (χ0v) is 12.7. The lowest BCUT2D eigenvalue weighted by atomic mass is 10.1. The van der Waals surface area contributed by atoms with E-state index in [4.69, 9.17) is 0 Å². The molecule has 108 valence electrons. The van der Waals surface area contributed by atoms with Gasteiger partial charge in [-0.3, -0.25) is 9.69 Å². The largest absolute Gasteiger partial charge is 0.297 e. The molecule has 0 amide bonds. The van der Waals surface area contributed by atoms with E-state index in [-0.39, 0.29) is 5.56 Å². The monoisotopic (exact) mass is 292 g/mol. The normalized spacial score (nSPS) is 18.1. The Labute approximate surface area is 122 Å². The molecule has 3 rings (SSSR count). The number of nitrogens with zero attached hydrogens (tertiary/aromatic N) is 4. The van der Waals surface area contributed by atoms with Crippen molar-refractivity contribution in [3.63, 3.8) is 0 Å². The van der Waals surface area contributed by atoms with Crippen molar-refractivity contribution in [3.05, 3.63) is 27.1 Å². The van der Waals surface area contributed by atoms with Crippen LogP contribution in [0.15, 0.2) is 10.9 Å². The minimum atomic E-state index is -0.0809. The van der Waals surface area contributed by atoms with Gasteiger partial charge in [-0.25, -0.2) is 4.98 Å². The van der Waals surface area contributed by atoms with Gasteiger partial charge in [-0.2, -0.15) is 9.61 Å². The Morgan fingerprint density at radius 3 is 2.65 bits per heavy atom. The molecule has 0 unspecified atom stereocenters.